The Kier molecular flexibility index (Phi) is 2.58. The van der Waals surface area contributed by atoms with Gasteiger partial charge in [0.1, 0.15) is 23.0 Å². The lowest BCUT2D eigenvalue weighted by molar-refractivity contribution is -0.0337. The van der Waals surface area contributed by atoms with Crippen molar-refractivity contribution in [3.8, 4) is 23.0 Å². The van der Waals surface area contributed by atoms with E-state index in [1.54, 1.807) is 0 Å². The Morgan fingerprint density at radius 1 is 0.960 bits per heavy atom. The molecule has 0 spiro atoms. The van der Waals surface area contributed by atoms with Crippen LogP contribution in [0.3, 0.4) is 0 Å². The quantitative estimate of drug-likeness (QED) is 0.572. The first-order valence-corrected chi connectivity index (χ1v) is 7.81. The summed E-state index contributed by atoms with van der Waals surface area (Å²) in [5.41, 5.74) is -0.0243. The number of carbonyl (C=O) groups excluding carboxylic acids is 2. The van der Waals surface area contributed by atoms with Crippen molar-refractivity contribution >= 4 is 11.6 Å². The number of benzene rings is 2. The number of ether oxygens (including phenoxy) is 2. The standard InChI is InChI=1S/C18H12O7/c19-6-3-8-12(10(20)4-6)16(22)14-9(15(8)21)5-11-13(17(14)23)7-1-2-24-18(7)25-11/h3-5,7,18-20,23H,1-2H2/t7-,18-/m0/s1. The van der Waals surface area contributed by atoms with E-state index in [1.807, 2.05) is 0 Å². The summed E-state index contributed by atoms with van der Waals surface area (Å²) in [6, 6.07) is 3.54. The molecule has 3 N–H and O–H groups in total. The Bertz CT molecular complexity index is 992. The Morgan fingerprint density at radius 2 is 1.72 bits per heavy atom. The maximum Gasteiger partial charge on any atom is 0.207 e. The van der Waals surface area contributed by atoms with Crippen molar-refractivity contribution in [3.05, 3.63) is 46.0 Å². The van der Waals surface area contributed by atoms with Crippen LogP contribution in [0.1, 0.15) is 49.7 Å². The fourth-order valence-electron chi connectivity index (χ4n) is 3.91. The first kappa shape index (κ1) is 14.3. The molecule has 2 atom stereocenters. The second-order valence-corrected chi connectivity index (χ2v) is 6.36. The molecule has 2 aliphatic heterocycles. The van der Waals surface area contributed by atoms with E-state index >= 15 is 0 Å². The first-order chi connectivity index (χ1) is 12.0. The van der Waals surface area contributed by atoms with Crippen molar-refractivity contribution in [1.82, 2.24) is 0 Å². The number of phenolic OH excluding ortho intramolecular Hbond substituents is 3. The third kappa shape index (κ3) is 1.68. The molecule has 2 heterocycles. The highest BCUT2D eigenvalue weighted by atomic mass is 16.7. The van der Waals surface area contributed by atoms with Gasteiger partial charge >= 0.3 is 0 Å². The predicted octanol–water partition coefficient (Wildman–Crippen LogP) is 1.80. The van der Waals surface area contributed by atoms with Gasteiger partial charge in [0, 0.05) is 22.8 Å². The minimum Gasteiger partial charge on any atom is -0.508 e. The van der Waals surface area contributed by atoms with Crippen molar-refractivity contribution in [1.29, 1.82) is 0 Å². The van der Waals surface area contributed by atoms with Gasteiger partial charge in [0.05, 0.1) is 23.7 Å². The van der Waals surface area contributed by atoms with Crippen LogP contribution in [0.5, 0.6) is 23.0 Å². The molecular weight excluding hydrogens is 328 g/mol. The zero-order valence-corrected chi connectivity index (χ0v) is 12.8. The minimum absolute atomic E-state index is 0.0151. The van der Waals surface area contributed by atoms with Crippen molar-refractivity contribution in [2.24, 2.45) is 0 Å². The summed E-state index contributed by atoms with van der Waals surface area (Å²) in [5, 5.41) is 30.4. The van der Waals surface area contributed by atoms with E-state index in [0.29, 0.717) is 24.3 Å². The average Bonchev–Trinajstić information content (AvgIpc) is 3.11. The highest BCUT2D eigenvalue weighted by Gasteiger charge is 2.45. The van der Waals surface area contributed by atoms with E-state index in [1.165, 1.54) is 6.07 Å². The molecule has 0 aromatic heterocycles. The topological polar surface area (TPSA) is 113 Å². The molecule has 7 heteroatoms. The van der Waals surface area contributed by atoms with Crippen LogP contribution in [0.15, 0.2) is 18.2 Å². The molecule has 7 nitrogen and oxygen atoms in total. The van der Waals surface area contributed by atoms with Crippen molar-refractivity contribution < 1.29 is 34.4 Å². The van der Waals surface area contributed by atoms with E-state index in [0.717, 1.165) is 12.1 Å². The predicted molar refractivity (Wildman–Crippen MR) is 82.5 cm³/mol. The number of fused-ring (bicyclic) bond motifs is 5. The number of ketones is 2. The van der Waals surface area contributed by atoms with Gasteiger partial charge in [-0.15, -0.1) is 0 Å². The molecule has 0 bridgehead atoms. The largest absolute Gasteiger partial charge is 0.508 e. The van der Waals surface area contributed by atoms with Crippen molar-refractivity contribution in [2.75, 3.05) is 6.61 Å². The number of rotatable bonds is 0. The van der Waals surface area contributed by atoms with E-state index < -0.39 is 23.6 Å². The summed E-state index contributed by atoms with van der Waals surface area (Å²) in [6.07, 6.45) is 0.108. The van der Waals surface area contributed by atoms with E-state index in [4.69, 9.17) is 9.47 Å². The van der Waals surface area contributed by atoms with Crippen molar-refractivity contribution in [2.45, 2.75) is 18.6 Å². The number of carbonyl (C=O) groups is 2. The third-order valence-electron chi connectivity index (χ3n) is 5.00. The number of phenols is 3. The highest BCUT2D eigenvalue weighted by molar-refractivity contribution is 6.30. The molecule has 25 heavy (non-hydrogen) atoms. The first-order valence-electron chi connectivity index (χ1n) is 7.81. The van der Waals surface area contributed by atoms with Crippen LogP contribution in [0, 0.1) is 0 Å². The number of aromatic hydroxyl groups is 3. The second kappa shape index (κ2) is 4.52. The summed E-state index contributed by atoms with van der Waals surface area (Å²) in [7, 11) is 0. The molecule has 2 aromatic rings. The molecule has 5 rings (SSSR count). The van der Waals surface area contributed by atoms with Gasteiger partial charge in [0.2, 0.25) is 12.1 Å². The summed E-state index contributed by atoms with van der Waals surface area (Å²) in [5.74, 6) is -2.25. The van der Waals surface area contributed by atoms with Crippen molar-refractivity contribution in [3.63, 3.8) is 0 Å². The van der Waals surface area contributed by atoms with E-state index in [9.17, 15) is 24.9 Å². The summed E-state index contributed by atoms with van der Waals surface area (Å²) >= 11 is 0. The van der Waals surface area contributed by atoms with Crippen LogP contribution in [-0.2, 0) is 4.74 Å². The summed E-state index contributed by atoms with van der Waals surface area (Å²) in [4.78, 5) is 25.7. The number of hydrogen-bond acceptors (Lipinski definition) is 7. The minimum atomic E-state index is -0.662. The van der Waals surface area contributed by atoms with Crippen LogP contribution in [0.2, 0.25) is 0 Å². The Balaban J connectivity index is 1.79. The molecule has 0 unspecified atom stereocenters. The Morgan fingerprint density at radius 3 is 2.52 bits per heavy atom. The van der Waals surface area contributed by atoms with Crippen LogP contribution < -0.4 is 4.74 Å². The Hall–Kier alpha value is -3.06. The second-order valence-electron chi connectivity index (χ2n) is 6.36. The summed E-state index contributed by atoms with van der Waals surface area (Å²) < 4.78 is 11.1. The highest BCUT2D eigenvalue weighted by Crippen LogP contribution is 2.52. The lowest BCUT2D eigenvalue weighted by atomic mass is 9.80. The normalized spacial score (nSPS) is 22.9. The lowest BCUT2D eigenvalue weighted by Crippen LogP contribution is -2.21. The smallest absolute Gasteiger partial charge is 0.207 e. The monoisotopic (exact) mass is 340 g/mol. The van der Waals surface area contributed by atoms with Crippen LogP contribution in [-0.4, -0.2) is 39.8 Å². The van der Waals surface area contributed by atoms with Gasteiger partial charge in [-0.1, -0.05) is 0 Å². The van der Waals surface area contributed by atoms with E-state index in [-0.39, 0.29) is 39.7 Å². The summed E-state index contributed by atoms with van der Waals surface area (Å²) in [6.45, 7) is 0.487. The molecule has 1 saturated heterocycles. The molecule has 0 amide bonds. The van der Waals surface area contributed by atoms with Gasteiger partial charge in [-0.25, -0.2) is 0 Å². The van der Waals surface area contributed by atoms with E-state index in [2.05, 4.69) is 0 Å². The molecule has 0 radical (unpaired) electrons. The fraction of sp³-hybridized carbons (Fsp3) is 0.222. The van der Waals surface area contributed by atoms with Crippen LogP contribution in [0.25, 0.3) is 0 Å². The van der Waals surface area contributed by atoms with Gasteiger partial charge < -0.3 is 24.8 Å². The molecule has 0 saturated carbocycles. The number of hydrogen-bond donors (Lipinski definition) is 3. The molecule has 126 valence electrons. The zero-order valence-electron chi connectivity index (χ0n) is 12.8. The van der Waals surface area contributed by atoms with Gasteiger partial charge in [-0.05, 0) is 18.6 Å². The Labute approximate surface area is 141 Å². The SMILES string of the molecule is O=C1c2cc(O)cc(O)c2C(=O)c2c1cc1c(c2O)[C@@H]2CCO[C@H]2O1. The molecule has 2 aromatic carbocycles. The zero-order chi connectivity index (χ0) is 17.5. The fourth-order valence-corrected chi connectivity index (χ4v) is 3.91. The van der Waals surface area contributed by atoms with Crippen LogP contribution in [0.4, 0.5) is 0 Å². The maximum atomic E-state index is 12.9. The van der Waals surface area contributed by atoms with Gasteiger partial charge in [0.15, 0.2) is 5.78 Å². The van der Waals surface area contributed by atoms with Crippen LogP contribution >= 0.6 is 0 Å². The van der Waals surface area contributed by atoms with Gasteiger partial charge in [0.25, 0.3) is 0 Å². The lowest BCUT2D eigenvalue weighted by Gasteiger charge is -2.21. The molecule has 1 aliphatic carbocycles. The van der Waals surface area contributed by atoms with Gasteiger partial charge in [-0.3, -0.25) is 9.59 Å². The average molecular weight is 340 g/mol. The molecule has 1 fully saturated rings. The third-order valence-corrected chi connectivity index (χ3v) is 5.00. The molecular formula is C18H12O7. The molecule has 3 aliphatic rings. The van der Waals surface area contributed by atoms with Gasteiger partial charge in [-0.2, -0.15) is 0 Å². The maximum absolute atomic E-state index is 12.9.